The van der Waals surface area contributed by atoms with Gasteiger partial charge in [0, 0.05) is 0 Å². The molecule has 0 aromatic carbocycles. The van der Waals surface area contributed by atoms with Crippen LogP contribution in [0.2, 0.25) is 0 Å². The molecule has 0 aromatic heterocycles. The summed E-state index contributed by atoms with van der Waals surface area (Å²) in [7, 11) is 0. The van der Waals surface area contributed by atoms with E-state index in [2.05, 4.69) is 31.4 Å². The maximum Gasteiger partial charge on any atom is 0.0517 e. The van der Waals surface area contributed by atoms with Crippen LogP contribution in [0.3, 0.4) is 0 Å². The zero-order valence-electron chi connectivity index (χ0n) is 13.4. The summed E-state index contributed by atoms with van der Waals surface area (Å²) in [6.45, 7) is 5.17. The van der Waals surface area contributed by atoms with Gasteiger partial charge in [0.2, 0.25) is 0 Å². The van der Waals surface area contributed by atoms with E-state index in [9.17, 15) is 0 Å². The third kappa shape index (κ3) is 6.10. The minimum atomic E-state index is 0.677. The van der Waals surface area contributed by atoms with Gasteiger partial charge in [-0.3, -0.25) is 0 Å². The first-order valence-corrected chi connectivity index (χ1v) is 9.10. The Hall–Kier alpha value is -0.130. The molecule has 20 heavy (non-hydrogen) atoms. The lowest BCUT2D eigenvalue weighted by atomic mass is 9.87. The highest BCUT2D eigenvalue weighted by Gasteiger charge is 2.49. The molecule has 1 nitrogen and oxygen atoms in total. The normalized spacial score (nSPS) is 31.6. The molecule has 0 amide bonds. The minimum absolute atomic E-state index is 0.677. The molecule has 116 valence electrons. The molecule has 0 aromatic rings. The second kappa shape index (κ2) is 10.6. The van der Waals surface area contributed by atoms with Gasteiger partial charge in [-0.15, -0.1) is 5.92 Å². The van der Waals surface area contributed by atoms with Crippen LogP contribution in [0.4, 0.5) is 0 Å². The first kappa shape index (κ1) is 17.9. The van der Waals surface area contributed by atoms with Crippen molar-refractivity contribution in [3.8, 4) is 11.8 Å². The van der Waals surface area contributed by atoms with Crippen molar-refractivity contribution in [1.29, 1.82) is 0 Å². The Morgan fingerprint density at radius 1 is 1.15 bits per heavy atom. The lowest BCUT2D eigenvalue weighted by Crippen LogP contribution is -2.09. The highest BCUT2D eigenvalue weighted by Crippen LogP contribution is 2.56. The van der Waals surface area contributed by atoms with Crippen molar-refractivity contribution in [3.05, 3.63) is 0 Å². The van der Waals surface area contributed by atoms with Gasteiger partial charge in [-0.2, -0.15) is 12.6 Å². The summed E-state index contributed by atoms with van der Waals surface area (Å²) in [5, 5.41) is 0. The van der Waals surface area contributed by atoms with E-state index in [1.54, 1.807) is 6.92 Å². The highest BCUT2D eigenvalue weighted by atomic mass is 32.1. The maximum atomic E-state index is 5.57. The summed E-state index contributed by atoms with van der Waals surface area (Å²) in [5.41, 5.74) is 5.57. The molecule has 2 aliphatic rings. The summed E-state index contributed by atoms with van der Waals surface area (Å²) in [4.78, 5) is 0. The Kier molecular flexibility index (Phi) is 9.48. The quantitative estimate of drug-likeness (QED) is 0.445. The molecule has 0 bridgehead atoms. The van der Waals surface area contributed by atoms with Crippen LogP contribution >= 0.6 is 12.6 Å². The molecule has 2 heteroatoms. The van der Waals surface area contributed by atoms with Crippen molar-refractivity contribution in [1.82, 2.24) is 0 Å². The third-order valence-corrected chi connectivity index (χ3v) is 5.24. The van der Waals surface area contributed by atoms with Crippen LogP contribution in [0, 0.1) is 35.5 Å². The van der Waals surface area contributed by atoms with E-state index in [-0.39, 0.29) is 0 Å². The average molecular weight is 296 g/mol. The molecule has 4 unspecified atom stereocenters. The molecular formula is C18H33NS. The van der Waals surface area contributed by atoms with Gasteiger partial charge in [-0.05, 0) is 50.0 Å². The number of hydrogen-bond acceptors (Lipinski definition) is 2. The Morgan fingerprint density at radius 2 is 1.90 bits per heavy atom. The van der Waals surface area contributed by atoms with Crippen LogP contribution in [-0.4, -0.2) is 12.3 Å². The number of rotatable bonds is 4. The van der Waals surface area contributed by atoms with Crippen molar-refractivity contribution < 1.29 is 0 Å². The number of hydrogen-bond donors (Lipinski definition) is 2. The smallest absolute Gasteiger partial charge is 0.0517 e. The van der Waals surface area contributed by atoms with Gasteiger partial charge >= 0.3 is 0 Å². The molecule has 0 spiro atoms. The molecule has 2 N–H and O–H groups in total. The van der Waals surface area contributed by atoms with Gasteiger partial charge in [0.05, 0.1) is 5.75 Å². The topological polar surface area (TPSA) is 26.0 Å². The van der Waals surface area contributed by atoms with Gasteiger partial charge in [0.15, 0.2) is 0 Å². The standard InChI is InChI=1S/C14H27N.C4H6S/c1-11-13-9-4-2-3-7-12(14(11)13)8-5-6-10-15;1-2-3-4-5/h11-14H,2-10,15H2,1H3;5H,4H2,1H3. The lowest BCUT2D eigenvalue weighted by molar-refractivity contribution is 0.324. The molecule has 2 saturated carbocycles. The Balaban J connectivity index is 0.000000347. The predicted octanol–water partition coefficient (Wildman–Crippen LogP) is 4.52. The van der Waals surface area contributed by atoms with Crippen molar-refractivity contribution in [3.63, 3.8) is 0 Å². The van der Waals surface area contributed by atoms with E-state index in [4.69, 9.17) is 5.73 Å². The minimum Gasteiger partial charge on any atom is -0.330 e. The van der Waals surface area contributed by atoms with E-state index in [0.717, 1.165) is 30.2 Å². The van der Waals surface area contributed by atoms with E-state index < -0.39 is 0 Å². The first-order chi connectivity index (χ1) is 9.76. The molecule has 0 heterocycles. The van der Waals surface area contributed by atoms with Gasteiger partial charge in [-0.1, -0.05) is 51.4 Å². The van der Waals surface area contributed by atoms with E-state index in [1.165, 1.54) is 51.4 Å². The number of unbranched alkanes of at least 4 members (excludes halogenated alkanes) is 1. The highest BCUT2D eigenvalue weighted by molar-refractivity contribution is 7.80. The van der Waals surface area contributed by atoms with Crippen LogP contribution in [0.15, 0.2) is 0 Å². The second-order valence-corrected chi connectivity index (χ2v) is 6.68. The summed E-state index contributed by atoms with van der Waals surface area (Å²) >= 11 is 3.83. The second-order valence-electron chi connectivity index (χ2n) is 6.37. The van der Waals surface area contributed by atoms with E-state index in [1.807, 2.05) is 0 Å². The third-order valence-electron chi connectivity index (χ3n) is 5.08. The first-order valence-electron chi connectivity index (χ1n) is 8.46. The van der Waals surface area contributed by atoms with Crippen LogP contribution in [0.5, 0.6) is 0 Å². The molecule has 0 aliphatic heterocycles. The molecule has 2 rings (SSSR count). The average Bonchev–Trinajstić information content (AvgIpc) is 3.04. The summed E-state index contributed by atoms with van der Waals surface area (Å²) in [6.07, 6.45) is 11.6. The molecule has 0 saturated heterocycles. The van der Waals surface area contributed by atoms with Crippen molar-refractivity contribution >= 4 is 12.6 Å². The van der Waals surface area contributed by atoms with Crippen LogP contribution < -0.4 is 5.73 Å². The van der Waals surface area contributed by atoms with Crippen LogP contribution in [-0.2, 0) is 0 Å². The number of thiol groups is 1. The Bertz CT molecular complexity index is 304. The Morgan fingerprint density at radius 3 is 2.50 bits per heavy atom. The van der Waals surface area contributed by atoms with Gasteiger partial charge in [0.1, 0.15) is 0 Å². The molecule has 2 fully saturated rings. The molecule has 4 atom stereocenters. The fraction of sp³-hybridized carbons (Fsp3) is 0.889. The van der Waals surface area contributed by atoms with Crippen LogP contribution in [0.25, 0.3) is 0 Å². The molecule has 2 aliphatic carbocycles. The molecular weight excluding hydrogens is 262 g/mol. The van der Waals surface area contributed by atoms with E-state index in [0.29, 0.717) is 5.75 Å². The van der Waals surface area contributed by atoms with Gasteiger partial charge < -0.3 is 5.73 Å². The summed E-state index contributed by atoms with van der Waals surface area (Å²) in [6, 6.07) is 0. The lowest BCUT2D eigenvalue weighted by Gasteiger charge is -2.19. The predicted molar refractivity (Wildman–Crippen MR) is 92.9 cm³/mol. The zero-order chi connectivity index (χ0) is 14.8. The van der Waals surface area contributed by atoms with Crippen molar-refractivity contribution in [2.24, 2.45) is 29.4 Å². The molecule has 0 radical (unpaired) electrons. The largest absolute Gasteiger partial charge is 0.330 e. The van der Waals surface area contributed by atoms with Crippen molar-refractivity contribution in [2.75, 3.05) is 12.3 Å². The summed E-state index contributed by atoms with van der Waals surface area (Å²) in [5.74, 6) is 10.4. The fourth-order valence-corrected chi connectivity index (χ4v) is 4.09. The van der Waals surface area contributed by atoms with Gasteiger partial charge in [0.25, 0.3) is 0 Å². The number of fused-ring (bicyclic) bond motifs is 1. The monoisotopic (exact) mass is 295 g/mol. The zero-order valence-corrected chi connectivity index (χ0v) is 14.3. The van der Waals surface area contributed by atoms with Crippen LogP contribution in [0.1, 0.15) is 65.2 Å². The number of nitrogens with two attached hydrogens (primary N) is 1. The van der Waals surface area contributed by atoms with Gasteiger partial charge in [-0.25, -0.2) is 0 Å². The summed E-state index contributed by atoms with van der Waals surface area (Å²) < 4.78 is 0. The van der Waals surface area contributed by atoms with Crippen molar-refractivity contribution in [2.45, 2.75) is 65.2 Å². The fourth-order valence-electron chi connectivity index (χ4n) is 3.94. The SMILES string of the molecule is CC#CCS.CC1C2CCCCCC(CCCCN)C12. The van der Waals surface area contributed by atoms with E-state index >= 15 is 0 Å². The maximum absolute atomic E-state index is 5.57. The Labute approximate surface area is 131 Å².